The molecule has 0 radical (unpaired) electrons. The van der Waals surface area contributed by atoms with Crippen LogP contribution in [0.1, 0.15) is 12.5 Å². The van der Waals surface area contributed by atoms with Gasteiger partial charge in [0, 0.05) is 10.6 Å². The molecule has 0 unspecified atom stereocenters. The summed E-state index contributed by atoms with van der Waals surface area (Å²) >= 11 is 10.1. The fraction of sp³-hybridized carbons (Fsp3) is 0.250. The SMILES string of the molecule is CCc1c(N)ccc(Cl)c1S. The molecule has 0 bridgehead atoms. The van der Waals surface area contributed by atoms with E-state index in [2.05, 4.69) is 12.6 Å². The van der Waals surface area contributed by atoms with Crippen molar-refractivity contribution in [2.24, 2.45) is 0 Å². The first-order chi connectivity index (χ1) is 5.16. The summed E-state index contributed by atoms with van der Waals surface area (Å²) in [4.78, 5) is 0.800. The Bertz CT molecular complexity index is 273. The van der Waals surface area contributed by atoms with Crippen LogP contribution in [-0.4, -0.2) is 0 Å². The Morgan fingerprint density at radius 2 is 2.18 bits per heavy atom. The molecule has 0 aromatic heterocycles. The second-order valence-electron chi connectivity index (χ2n) is 2.32. The molecule has 2 N–H and O–H groups in total. The molecule has 0 atom stereocenters. The first-order valence-corrected chi connectivity index (χ1v) is 4.25. The van der Waals surface area contributed by atoms with Crippen molar-refractivity contribution < 1.29 is 0 Å². The first kappa shape index (κ1) is 8.75. The topological polar surface area (TPSA) is 26.0 Å². The van der Waals surface area contributed by atoms with Crippen LogP contribution in [-0.2, 0) is 6.42 Å². The predicted octanol–water partition coefficient (Wildman–Crippen LogP) is 2.77. The van der Waals surface area contributed by atoms with Crippen LogP contribution in [0.15, 0.2) is 17.0 Å². The van der Waals surface area contributed by atoms with Crippen molar-refractivity contribution in [1.82, 2.24) is 0 Å². The number of nitrogens with two attached hydrogens (primary N) is 1. The number of rotatable bonds is 1. The van der Waals surface area contributed by atoms with E-state index >= 15 is 0 Å². The molecule has 0 amide bonds. The van der Waals surface area contributed by atoms with Crippen molar-refractivity contribution in [3.05, 3.63) is 22.7 Å². The summed E-state index contributed by atoms with van der Waals surface area (Å²) in [6, 6.07) is 3.57. The summed E-state index contributed by atoms with van der Waals surface area (Å²) in [5, 5.41) is 0.666. The van der Waals surface area contributed by atoms with Gasteiger partial charge in [-0.15, -0.1) is 12.6 Å². The maximum Gasteiger partial charge on any atom is 0.0543 e. The van der Waals surface area contributed by atoms with Crippen LogP contribution < -0.4 is 5.73 Å². The molecule has 1 nitrogen and oxygen atoms in total. The maximum atomic E-state index is 5.83. The monoisotopic (exact) mass is 187 g/mol. The Morgan fingerprint density at radius 3 is 2.64 bits per heavy atom. The number of hydrogen-bond donors (Lipinski definition) is 2. The maximum absolute atomic E-state index is 5.83. The van der Waals surface area contributed by atoms with Gasteiger partial charge < -0.3 is 5.73 Å². The van der Waals surface area contributed by atoms with Gasteiger partial charge in [-0.2, -0.15) is 0 Å². The van der Waals surface area contributed by atoms with E-state index in [4.69, 9.17) is 17.3 Å². The molecule has 0 fully saturated rings. The highest BCUT2D eigenvalue weighted by molar-refractivity contribution is 7.80. The van der Waals surface area contributed by atoms with Crippen LogP contribution in [0.2, 0.25) is 5.02 Å². The molecule has 0 aliphatic carbocycles. The molecule has 3 heteroatoms. The van der Waals surface area contributed by atoms with E-state index in [0.29, 0.717) is 5.02 Å². The van der Waals surface area contributed by atoms with Crippen LogP contribution in [0, 0.1) is 0 Å². The van der Waals surface area contributed by atoms with Gasteiger partial charge in [-0.25, -0.2) is 0 Å². The van der Waals surface area contributed by atoms with Crippen molar-refractivity contribution in [3.63, 3.8) is 0 Å². The van der Waals surface area contributed by atoms with E-state index in [1.807, 2.05) is 6.92 Å². The fourth-order valence-electron chi connectivity index (χ4n) is 0.995. The van der Waals surface area contributed by atoms with Gasteiger partial charge in [0.1, 0.15) is 0 Å². The molecule has 60 valence electrons. The molecular formula is C8H10ClNS. The van der Waals surface area contributed by atoms with Crippen molar-refractivity contribution >= 4 is 29.9 Å². The Hall–Kier alpha value is -0.340. The fourth-order valence-corrected chi connectivity index (χ4v) is 1.53. The Morgan fingerprint density at radius 1 is 1.55 bits per heavy atom. The van der Waals surface area contributed by atoms with Gasteiger partial charge in [0.25, 0.3) is 0 Å². The van der Waals surface area contributed by atoms with Crippen LogP contribution in [0.3, 0.4) is 0 Å². The molecule has 0 aliphatic rings. The zero-order valence-electron chi connectivity index (χ0n) is 6.26. The number of nitrogen functional groups attached to an aromatic ring is 1. The third-order valence-electron chi connectivity index (χ3n) is 1.62. The van der Waals surface area contributed by atoms with Gasteiger partial charge in [-0.3, -0.25) is 0 Å². The molecule has 0 heterocycles. The number of thiol groups is 1. The molecule has 1 rings (SSSR count). The number of halogens is 1. The Kier molecular flexibility index (Phi) is 2.68. The van der Waals surface area contributed by atoms with Crippen molar-refractivity contribution in [3.8, 4) is 0 Å². The molecule has 1 aromatic carbocycles. The van der Waals surface area contributed by atoms with Crippen LogP contribution in [0.5, 0.6) is 0 Å². The Balaban J connectivity index is 3.29. The first-order valence-electron chi connectivity index (χ1n) is 3.42. The standard InChI is InChI=1S/C8H10ClNS/c1-2-5-7(10)4-3-6(9)8(5)11/h3-4,11H,2,10H2,1H3. The van der Waals surface area contributed by atoms with Crippen molar-refractivity contribution in [1.29, 1.82) is 0 Å². The number of benzene rings is 1. The summed E-state index contributed by atoms with van der Waals surface area (Å²) in [5.41, 5.74) is 7.49. The third kappa shape index (κ3) is 1.63. The minimum absolute atomic E-state index is 0.666. The van der Waals surface area contributed by atoms with E-state index in [9.17, 15) is 0 Å². The van der Waals surface area contributed by atoms with Gasteiger partial charge >= 0.3 is 0 Å². The number of hydrogen-bond acceptors (Lipinski definition) is 2. The third-order valence-corrected chi connectivity index (χ3v) is 2.58. The zero-order valence-corrected chi connectivity index (χ0v) is 7.91. The number of anilines is 1. The van der Waals surface area contributed by atoms with Gasteiger partial charge in [0.2, 0.25) is 0 Å². The van der Waals surface area contributed by atoms with Crippen molar-refractivity contribution in [2.75, 3.05) is 5.73 Å². The largest absolute Gasteiger partial charge is 0.398 e. The van der Waals surface area contributed by atoms with Crippen molar-refractivity contribution in [2.45, 2.75) is 18.2 Å². The highest BCUT2D eigenvalue weighted by atomic mass is 35.5. The second kappa shape index (κ2) is 3.37. The summed E-state index contributed by atoms with van der Waals surface area (Å²) in [6.07, 6.45) is 0.866. The molecule has 0 saturated heterocycles. The minimum Gasteiger partial charge on any atom is -0.398 e. The molecule has 0 saturated carbocycles. The highest BCUT2D eigenvalue weighted by Crippen LogP contribution is 2.28. The minimum atomic E-state index is 0.666. The van der Waals surface area contributed by atoms with E-state index < -0.39 is 0 Å². The normalized spacial score (nSPS) is 10.1. The van der Waals surface area contributed by atoms with E-state index in [1.54, 1.807) is 12.1 Å². The lowest BCUT2D eigenvalue weighted by Gasteiger charge is -2.06. The lowest BCUT2D eigenvalue weighted by Crippen LogP contribution is -1.94. The predicted molar refractivity (Wildman–Crippen MR) is 52.5 cm³/mol. The summed E-state index contributed by atoms with van der Waals surface area (Å²) < 4.78 is 0. The average Bonchev–Trinajstić information content (AvgIpc) is 1.99. The molecular weight excluding hydrogens is 178 g/mol. The quantitative estimate of drug-likeness (QED) is 0.513. The Labute approximate surface area is 77.0 Å². The lowest BCUT2D eigenvalue weighted by molar-refractivity contribution is 1.09. The van der Waals surface area contributed by atoms with Gasteiger partial charge in [-0.1, -0.05) is 18.5 Å². The molecule has 1 aromatic rings. The second-order valence-corrected chi connectivity index (χ2v) is 3.17. The van der Waals surface area contributed by atoms with Gasteiger partial charge in [-0.05, 0) is 24.1 Å². The van der Waals surface area contributed by atoms with E-state index in [0.717, 1.165) is 22.6 Å². The molecule has 11 heavy (non-hydrogen) atoms. The smallest absolute Gasteiger partial charge is 0.0543 e. The van der Waals surface area contributed by atoms with E-state index in [1.165, 1.54) is 0 Å². The summed E-state index contributed by atoms with van der Waals surface area (Å²) in [7, 11) is 0. The van der Waals surface area contributed by atoms with Crippen LogP contribution in [0.4, 0.5) is 5.69 Å². The van der Waals surface area contributed by atoms with Crippen LogP contribution >= 0.6 is 24.2 Å². The van der Waals surface area contributed by atoms with E-state index in [-0.39, 0.29) is 0 Å². The van der Waals surface area contributed by atoms with Gasteiger partial charge in [0.15, 0.2) is 0 Å². The molecule has 0 aliphatic heterocycles. The summed E-state index contributed by atoms with van der Waals surface area (Å²) in [5.74, 6) is 0. The molecule has 0 spiro atoms. The van der Waals surface area contributed by atoms with Gasteiger partial charge in [0.05, 0.1) is 5.02 Å². The zero-order chi connectivity index (χ0) is 8.43. The average molecular weight is 188 g/mol. The highest BCUT2D eigenvalue weighted by Gasteiger charge is 2.04. The summed E-state index contributed by atoms with van der Waals surface area (Å²) in [6.45, 7) is 2.03. The van der Waals surface area contributed by atoms with Crippen LogP contribution in [0.25, 0.3) is 0 Å². The lowest BCUT2D eigenvalue weighted by atomic mass is 10.1.